The molecule has 1 aliphatic rings. The van der Waals surface area contributed by atoms with Crippen LogP contribution in [0.25, 0.3) is 0 Å². The fourth-order valence-electron chi connectivity index (χ4n) is 3.15. The van der Waals surface area contributed by atoms with Crippen molar-refractivity contribution in [1.82, 2.24) is 25.4 Å². The third kappa shape index (κ3) is 5.24. The van der Waals surface area contributed by atoms with Crippen LogP contribution in [-0.2, 0) is 32.2 Å². The molecule has 2 heterocycles. The first-order valence-electron chi connectivity index (χ1n) is 9.56. The number of halogens is 3. The summed E-state index contributed by atoms with van der Waals surface area (Å²) in [7, 11) is 0. The summed E-state index contributed by atoms with van der Waals surface area (Å²) in [6, 6.07) is 5.07. The van der Waals surface area contributed by atoms with Crippen molar-refractivity contribution >= 4 is 5.96 Å². The Morgan fingerprint density at radius 2 is 1.89 bits per heavy atom. The van der Waals surface area contributed by atoms with Gasteiger partial charge in [-0.3, -0.25) is 0 Å². The average molecular weight is 394 g/mol. The van der Waals surface area contributed by atoms with E-state index in [1.165, 1.54) is 18.6 Å². The Balaban J connectivity index is 1.62. The number of nitrogens with one attached hydrogen (secondary N) is 2. The minimum atomic E-state index is -4.32. The molecule has 6 nitrogen and oxygen atoms in total. The van der Waals surface area contributed by atoms with E-state index in [4.69, 9.17) is 0 Å². The van der Waals surface area contributed by atoms with Crippen molar-refractivity contribution in [3.8, 4) is 0 Å². The van der Waals surface area contributed by atoms with E-state index in [1.54, 1.807) is 0 Å². The Bertz CT molecular complexity index is 795. The van der Waals surface area contributed by atoms with Crippen molar-refractivity contribution < 1.29 is 13.2 Å². The summed E-state index contributed by atoms with van der Waals surface area (Å²) in [6.07, 6.45) is 0.0972. The molecule has 0 saturated heterocycles. The average Bonchev–Trinajstić information content (AvgIpc) is 2.90. The molecular formula is C19H25F3N6. The van der Waals surface area contributed by atoms with Crippen molar-refractivity contribution in [1.29, 1.82) is 0 Å². The normalized spacial score (nSPS) is 15.1. The highest BCUT2D eigenvalue weighted by atomic mass is 19.4. The second-order valence-electron chi connectivity index (χ2n) is 6.74. The van der Waals surface area contributed by atoms with Crippen LogP contribution in [0.1, 0.15) is 49.0 Å². The summed E-state index contributed by atoms with van der Waals surface area (Å²) >= 11 is 0. The van der Waals surface area contributed by atoms with Gasteiger partial charge in [0.2, 0.25) is 0 Å². The number of nitrogens with zero attached hydrogens (tertiary/aromatic N) is 4. The molecule has 0 aliphatic carbocycles. The molecule has 0 unspecified atom stereocenters. The summed E-state index contributed by atoms with van der Waals surface area (Å²) in [5, 5.41) is 14.9. The smallest absolute Gasteiger partial charge is 0.357 e. The Kier molecular flexibility index (Phi) is 6.53. The number of alkyl halides is 3. The van der Waals surface area contributed by atoms with Crippen molar-refractivity contribution in [3.63, 3.8) is 0 Å². The highest BCUT2D eigenvalue weighted by Gasteiger charge is 2.29. The predicted octanol–water partition coefficient (Wildman–Crippen LogP) is 3.28. The number of aromatic nitrogens is 3. The monoisotopic (exact) mass is 394 g/mol. The molecule has 0 atom stereocenters. The number of hydrogen-bond acceptors (Lipinski definition) is 3. The van der Waals surface area contributed by atoms with Gasteiger partial charge in [-0.1, -0.05) is 18.6 Å². The molecule has 0 amide bonds. The third-order valence-corrected chi connectivity index (χ3v) is 4.65. The number of aliphatic imine (C=N–C) groups is 1. The van der Waals surface area contributed by atoms with E-state index in [2.05, 4.69) is 30.4 Å². The van der Waals surface area contributed by atoms with Gasteiger partial charge in [0.1, 0.15) is 5.82 Å². The van der Waals surface area contributed by atoms with E-state index in [1.807, 2.05) is 6.92 Å². The summed E-state index contributed by atoms with van der Waals surface area (Å²) < 4.78 is 40.1. The maximum absolute atomic E-state index is 12.7. The summed E-state index contributed by atoms with van der Waals surface area (Å²) in [4.78, 5) is 4.46. The highest BCUT2D eigenvalue weighted by Crippen LogP contribution is 2.29. The molecule has 1 aromatic heterocycles. The molecule has 28 heavy (non-hydrogen) atoms. The van der Waals surface area contributed by atoms with Gasteiger partial charge in [0.15, 0.2) is 11.8 Å². The van der Waals surface area contributed by atoms with Gasteiger partial charge in [-0.05, 0) is 37.5 Å². The molecule has 9 heteroatoms. The number of rotatable bonds is 5. The lowest BCUT2D eigenvalue weighted by atomic mass is 10.1. The molecule has 0 saturated carbocycles. The van der Waals surface area contributed by atoms with Crippen LogP contribution in [0, 0.1) is 0 Å². The zero-order valence-electron chi connectivity index (χ0n) is 15.9. The lowest BCUT2D eigenvalue weighted by Gasteiger charge is -2.12. The molecule has 0 radical (unpaired) electrons. The number of hydrogen-bond donors (Lipinski definition) is 2. The first-order valence-corrected chi connectivity index (χ1v) is 9.56. The van der Waals surface area contributed by atoms with E-state index in [0.29, 0.717) is 24.6 Å². The fourth-order valence-corrected chi connectivity index (χ4v) is 3.15. The predicted molar refractivity (Wildman–Crippen MR) is 101 cm³/mol. The minimum absolute atomic E-state index is 0.283. The first kappa shape index (κ1) is 20.2. The topological polar surface area (TPSA) is 67.1 Å². The van der Waals surface area contributed by atoms with E-state index >= 15 is 0 Å². The minimum Gasteiger partial charge on any atom is -0.357 e. The summed E-state index contributed by atoms with van der Waals surface area (Å²) in [6.45, 7) is 4.34. The molecule has 2 aromatic rings. The van der Waals surface area contributed by atoms with Crippen LogP contribution in [0.2, 0.25) is 0 Å². The highest BCUT2D eigenvalue weighted by molar-refractivity contribution is 5.79. The van der Waals surface area contributed by atoms with Gasteiger partial charge < -0.3 is 15.2 Å². The number of aryl methyl sites for hydroxylation is 1. The summed E-state index contributed by atoms with van der Waals surface area (Å²) in [5.74, 6) is 2.49. The molecule has 152 valence electrons. The van der Waals surface area contributed by atoms with Gasteiger partial charge in [0.05, 0.1) is 18.7 Å². The van der Waals surface area contributed by atoms with E-state index in [0.717, 1.165) is 49.6 Å². The van der Waals surface area contributed by atoms with Gasteiger partial charge >= 0.3 is 6.18 Å². The number of guanidine groups is 1. The van der Waals surface area contributed by atoms with Crippen LogP contribution >= 0.6 is 0 Å². The van der Waals surface area contributed by atoms with Gasteiger partial charge in [-0.25, -0.2) is 4.99 Å². The number of benzene rings is 1. The van der Waals surface area contributed by atoms with E-state index < -0.39 is 11.7 Å². The Morgan fingerprint density at radius 1 is 1.11 bits per heavy atom. The van der Waals surface area contributed by atoms with Crippen LogP contribution in [0.3, 0.4) is 0 Å². The SMILES string of the molecule is CCNC(=NCc1ccc(C(F)(F)F)cc1)NCc1nnc2n1CCCCC2. The van der Waals surface area contributed by atoms with Gasteiger partial charge in [0.25, 0.3) is 0 Å². The second kappa shape index (κ2) is 9.07. The van der Waals surface area contributed by atoms with Crippen LogP contribution in [0.15, 0.2) is 29.3 Å². The van der Waals surface area contributed by atoms with Crippen molar-refractivity contribution in [2.45, 2.75) is 58.4 Å². The van der Waals surface area contributed by atoms with E-state index in [9.17, 15) is 13.2 Å². The zero-order chi connectivity index (χ0) is 20.0. The number of fused-ring (bicyclic) bond motifs is 1. The maximum atomic E-state index is 12.7. The van der Waals surface area contributed by atoms with Gasteiger partial charge in [0, 0.05) is 19.5 Å². The van der Waals surface area contributed by atoms with Crippen LogP contribution in [0.4, 0.5) is 13.2 Å². The third-order valence-electron chi connectivity index (χ3n) is 4.65. The quantitative estimate of drug-likeness (QED) is 0.603. The van der Waals surface area contributed by atoms with Crippen molar-refractivity contribution in [3.05, 3.63) is 47.0 Å². The van der Waals surface area contributed by atoms with Crippen molar-refractivity contribution in [2.24, 2.45) is 4.99 Å². The standard InChI is InChI=1S/C19H25F3N6/c1-2-23-18(24-12-14-7-9-15(10-8-14)19(20,21)22)25-13-17-27-26-16-6-4-3-5-11-28(16)17/h7-10H,2-6,11-13H2,1H3,(H2,23,24,25). The Morgan fingerprint density at radius 3 is 2.61 bits per heavy atom. The Labute approximate surface area is 162 Å². The zero-order valence-corrected chi connectivity index (χ0v) is 15.9. The second-order valence-corrected chi connectivity index (χ2v) is 6.74. The Hall–Kier alpha value is -2.58. The lowest BCUT2D eigenvalue weighted by Crippen LogP contribution is -2.37. The van der Waals surface area contributed by atoms with Gasteiger partial charge in [-0.15, -0.1) is 10.2 Å². The molecule has 0 spiro atoms. The molecular weight excluding hydrogens is 369 g/mol. The molecule has 0 bridgehead atoms. The van der Waals surface area contributed by atoms with Crippen LogP contribution in [0.5, 0.6) is 0 Å². The van der Waals surface area contributed by atoms with Crippen LogP contribution in [-0.4, -0.2) is 27.3 Å². The van der Waals surface area contributed by atoms with Crippen LogP contribution < -0.4 is 10.6 Å². The lowest BCUT2D eigenvalue weighted by molar-refractivity contribution is -0.137. The fraction of sp³-hybridized carbons (Fsp3) is 0.526. The molecule has 3 rings (SSSR count). The van der Waals surface area contributed by atoms with E-state index in [-0.39, 0.29) is 6.54 Å². The largest absolute Gasteiger partial charge is 0.416 e. The molecule has 2 N–H and O–H groups in total. The molecule has 1 aliphatic heterocycles. The maximum Gasteiger partial charge on any atom is 0.416 e. The first-order chi connectivity index (χ1) is 13.5. The molecule has 1 aromatic carbocycles. The molecule has 0 fully saturated rings. The summed E-state index contributed by atoms with van der Waals surface area (Å²) in [5.41, 5.74) is 0.0549. The van der Waals surface area contributed by atoms with Gasteiger partial charge in [-0.2, -0.15) is 13.2 Å². The van der Waals surface area contributed by atoms with Crippen molar-refractivity contribution in [2.75, 3.05) is 6.54 Å².